The summed E-state index contributed by atoms with van der Waals surface area (Å²) in [6, 6.07) is 5.08. The van der Waals surface area contributed by atoms with Crippen molar-refractivity contribution in [2.45, 2.75) is 19.5 Å². The van der Waals surface area contributed by atoms with Gasteiger partial charge in [0.15, 0.2) is 29.0 Å². The van der Waals surface area contributed by atoms with E-state index in [9.17, 15) is 26.4 Å². The molecule has 0 radical (unpaired) electrons. The number of carbonyl (C=O) groups excluding carboxylic acids is 1. The SMILES string of the molecule is CNS(=O)(=O)Nc1nccc(CN2C(=O)Oc3cc(Oc4ncccc4F)c(F)cc3[C@H]2C)c1F. The van der Waals surface area contributed by atoms with E-state index in [1.807, 2.05) is 9.44 Å². The molecule has 1 atom stereocenters. The van der Waals surface area contributed by atoms with E-state index in [1.165, 1.54) is 24.5 Å². The van der Waals surface area contributed by atoms with Gasteiger partial charge in [-0.2, -0.15) is 8.42 Å². The minimum absolute atomic E-state index is 0.0239. The lowest BCUT2D eigenvalue weighted by atomic mass is 10.0. The first kappa shape index (κ1) is 24.2. The molecule has 0 fully saturated rings. The van der Waals surface area contributed by atoms with Gasteiger partial charge >= 0.3 is 6.09 Å². The number of rotatable bonds is 7. The zero-order chi connectivity index (χ0) is 25.3. The maximum atomic E-state index is 14.9. The van der Waals surface area contributed by atoms with Crippen LogP contribution >= 0.6 is 0 Å². The lowest BCUT2D eigenvalue weighted by molar-refractivity contribution is 0.116. The Labute approximate surface area is 197 Å². The second kappa shape index (κ2) is 9.38. The molecule has 3 heterocycles. The van der Waals surface area contributed by atoms with Crippen molar-refractivity contribution in [2.75, 3.05) is 11.8 Å². The quantitative estimate of drug-likeness (QED) is 0.499. The molecule has 3 aromatic rings. The van der Waals surface area contributed by atoms with Crippen molar-refractivity contribution in [3.63, 3.8) is 0 Å². The van der Waals surface area contributed by atoms with E-state index in [0.717, 1.165) is 30.1 Å². The van der Waals surface area contributed by atoms with E-state index >= 15 is 0 Å². The van der Waals surface area contributed by atoms with E-state index in [4.69, 9.17) is 9.47 Å². The Morgan fingerprint density at radius 1 is 1.14 bits per heavy atom. The third kappa shape index (κ3) is 4.97. The molecule has 0 saturated heterocycles. The van der Waals surface area contributed by atoms with Gasteiger partial charge in [-0.1, -0.05) is 0 Å². The molecule has 14 heteroatoms. The largest absolute Gasteiger partial charge is 0.433 e. The highest BCUT2D eigenvalue weighted by Gasteiger charge is 2.34. The first-order valence-corrected chi connectivity index (χ1v) is 11.5. The summed E-state index contributed by atoms with van der Waals surface area (Å²) in [4.78, 5) is 21.2. The van der Waals surface area contributed by atoms with Crippen LogP contribution in [0.25, 0.3) is 0 Å². The minimum Gasteiger partial charge on any atom is -0.433 e. The molecule has 35 heavy (non-hydrogen) atoms. The van der Waals surface area contributed by atoms with Gasteiger partial charge in [-0.05, 0) is 31.2 Å². The second-order valence-corrected chi connectivity index (χ2v) is 8.95. The van der Waals surface area contributed by atoms with Gasteiger partial charge in [0.1, 0.15) is 5.75 Å². The summed E-state index contributed by atoms with van der Waals surface area (Å²) in [7, 11) is -2.90. The van der Waals surface area contributed by atoms with Gasteiger partial charge < -0.3 is 9.47 Å². The topological polar surface area (TPSA) is 123 Å². The van der Waals surface area contributed by atoms with Gasteiger partial charge in [0, 0.05) is 36.6 Å². The summed E-state index contributed by atoms with van der Waals surface area (Å²) in [6.07, 6.45) is 1.56. The molecule has 184 valence electrons. The van der Waals surface area contributed by atoms with E-state index in [1.54, 1.807) is 6.92 Å². The molecule has 1 aliphatic heterocycles. The highest BCUT2D eigenvalue weighted by atomic mass is 32.2. The zero-order valence-electron chi connectivity index (χ0n) is 18.3. The molecule has 0 unspecified atom stereocenters. The fourth-order valence-electron chi connectivity index (χ4n) is 3.31. The predicted molar refractivity (Wildman–Crippen MR) is 116 cm³/mol. The summed E-state index contributed by atoms with van der Waals surface area (Å²) in [5.41, 5.74) is 0.189. The first-order valence-electron chi connectivity index (χ1n) is 10.0. The van der Waals surface area contributed by atoms with Gasteiger partial charge in [-0.25, -0.2) is 32.7 Å². The number of hydrogen-bond acceptors (Lipinski definition) is 7. The third-order valence-corrected chi connectivity index (χ3v) is 6.15. The summed E-state index contributed by atoms with van der Waals surface area (Å²) in [5.74, 6) is -4.12. The number of aromatic nitrogens is 2. The smallest absolute Gasteiger partial charge is 0.416 e. The fraction of sp³-hybridized carbons (Fsp3) is 0.190. The molecule has 4 rings (SSSR count). The molecule has 2 N–H and O–H groups in total. The van der Waals surface area contributed by atoms with Crippen LogP contribution in [0.1, 0.15) is 24.1 Å². The Morgan fingerprint density at radius 2 is 1.91 bits per heavy atom. The first-order chi connectivity index (χ1) is 16.6. The lowest BCUT2D eigenvalue weighted by Crippen LogP contribution is -2.39. The molecule has 0 saturated carbocycles. The fourth-order valence-corrected chi connectivity index (χ4v) is 3.81. The van der Waals surface area contributed by atoms with Gasteiger partial charge in [-0.3, -0.25) is 9.62 Å². The van der Waals surface area contributed by atoms with Crippen LogP contribution in [0.15, 0.2) is 42.7 Å². The summed E-state index contributed by atoms with van der Waals surface area (Å²) < 4.78 is 81.2. The second-order valence-electron chi connectivity index (χ2n) is 7.33. The average Bonchev–Trinajstić information content (AvgIpc) is 2.81. The highest BCUT2D eigenvalue weighted by Crippen LogP contribution is 2.40. The van der Waals surface area contributed by atoms with Crippen LogP contribution in [0, 0.1) is 17.5 Å². The van der Waals surface area contributed by atoms with Gasteiger partial charge in [0.05, 0.1) is 12.6 Å². The van der Waals surface area contributed by atoms with Crippen LogP contribution in [-0.4, -0.2) is 36.4 Å². The number of hydrogen-bond donors (Lipinski definition) is 2. The Bertz CT molecular complexity index is 1410. The Morgan fingerprint density at radius 3 is 2.63 bits per heavy atom. The van der Waals surface area contributed by atoms with Crippen LogP contribution in [0.3, 0.4) is 0 Å². The van der Waals surface area contributed by atoms with Crippen LogP contribution in [0.4, 0.5) is 23.8 Å². The van der Waals surface area contributed by atoms with Crippen LogP contribution in [0.5, 0.6) is 17.4 Å². The molecule has 0 spiro atoms. The molecule has 0 bridgehead atoms. The molecular formula is C21H18F3N5O5S. The number of fused-ring (bicyclic) bond motifs is 1. The Balaban J connectivity index is 1.60. The van der Waals surface area contributed by atoms with E-state index in [-0.39, 0.29) is 23.4 Å². The standard InChI is InChI=1S/C21H18F3N5O5S/c1-11-13-8-15(23)17(33-20-14(22)4-3-6-27-20)9-16(13)34-21(30)29(11)10-12-5-7-26-19(18(12)24)28-35(31,32)25-2/h3-9,11,25H,10H2,1-2H3,(H,26,28)/t11-/m1/s1. The monoisotopic (exact) mass is 509 g/mol. The number of benzene rings is 1. The predicted octanol–water partition coefficient (Wildman–Crippen LogP) is 3.64. The van der Waals surface area contributed by atoms with Crippen LogP contribution in [0.2, 0.25) is 0 Å². The number of amides is 1. The molecule has 1 amide bonds. The number of ether oxygens (including phenoxy) is 2. The number of pyridine rings is 2. The molecular weight excluding hydrogens is 491 g/mol. The zero-order valence-corrected chi connectivity index (χ0v) is 19.1. The lowest BCUT2D eigenvalue weighted by Gasteiger charge is -2.34. The number of anilines is 1. The van der Waals surface area contributed by atoms with Crippen LogP contribution < -0.4 is 18.9 Å². The maximum Gasteiger partial charge on any atom is 0.416 e. The molecule has 0 aliphatic carbocycles. The third-order valence-electron chi connectivity index (χ3n) is 5.15. The van der Waals surface area contributed by atoms with E-state index in [2.05, 4.69) is 9.97 Å². The number of carbonyl (C=O) groups is 1. The van der Waals surface area contributed by atoms with Gasteiger partial charge in [0.25, 0.3) is 16.1 Å². The van der Waals surface area contributed by atoms with E-state index in [0.29, 0.717) is 0 Å². The Hall–Kier alpha value is -3.91. The van der Waals surface area contributed by atoms with Crippen LogP contribution in [-0.2, 0) is 16.8 Å². The van der Waals surface area contributed by atoms with Gasteiger partial charge in [-0.15, -0.1) is 0 Å². The molecule has 2 aromatic heterocycles. The normalized spacial score (nSPS) is 15.4. The summed E-state index contributed by atoms with van der Waals surface area (Å²) in [6.45, 7) is 1.24. The Kier molecular flexibility index (Phi) is 6.49. The number of nitrogens with zero attached hydrogens (tertiary/aromatic N) is 3. The highest BCUT2D eigenvalue weighted by molar-refractivity contribution is 7.90. The van der Waals surface area contributed by atoms with Crippen molar-refractivity contribution >= 4 is 22.1 Å². The van der Waals surface area contributed by atoms with Crippen molar-refractivity contribution in [2.24, 2.45) is 0 Å². The number of halogens is 3. The minimum atomic E-state index is -4.03. The van der Waals surface area contributed by atoms with E-state index < -0.39 is 57.2 Å². The molecule has 1 aromatic carbocycles. The summed E-state index contributed by atoms with van der Waals surface area (Å²) >= 11 is 0. The van der Waals surface area contributed by atoms with Crippen molar-refractivity contribution in [3.8, 4) is 17.4 Å². The van der Waals surface area contributed by atoms with Crippen molar-refractivity contribution in [1.29, 1.82) is 0 Å². The molecule has 1 aliphatic rings. The summed E-state index contributed by atoms with van der Waals surface area (Å²) in [5, 5.41) is 0. The van der Waals surface area contributed by atoms with Crippen molar-refractivity contribution < 1.29 is 35.9 Å². The molecule has 10 nitrogen and oxygen atoms in total. The van der Waals surface area contributed by atoms with Crippen molar-refractivity contribution in [3.05, 3.63) is 71.3 Å². The number of nitrogens with one attached hydrogen (secondary N) is 2. The van der Waals surface area contributed by atoms with Crippen molar-refractivity contribution in [1.82, 2.24) is 19.6 Å². The van der Waals surface area contributed by atoms with Gasteiger partial charge in [0.2, 0.25) is 0 Å². The average molecular weight is 509 g/mol. The maximum absolute atomic E-state index is 14.9.